The third kappa shape index (κ3) is 2.34. The average molecular weight is 288 g/mol. The van der Waals surface area contributed by atoms with Crippen LogP contribution in [-0.2, 0) is 11.3 Å². The van der Waals surface area contributed by atoms with E-state index in [-0.39, 0.29) is 11.4 Å². The van der Waals surface area contributed by atoms with Gasteiger partial charge in [-0.15, -0.1) is 0 Å². The van der Waals surface area contributed by atoms with Gasteiger partial charge in [0.05, 0.1) is 12.7 Å². The smallest absolute Gasteiger partial charge is 0.149 e. The van der Waals surface area contributed by atoms with E-state index in [1.165, 1.54) is 17.3 Å². The first-order chi connectivity index (χ1) is 10.2. The van der Waals surface area contributed by atoms with Crippen molar-refractivity contribution >= 4 is 0 Å². The van der Waals surface area contributed by atoms with Crippen LogP contribution in [0.3, 0.4) is 0 Å². The lowest BCUT2D eigenvalue weighted by Gasteiger charge is -2.27. The van der Waals surface area contributed by atoms with Crippen molar-refractivity contribution in [2.75, 3.05) is 6.61 Å². The third-order valence-corrected chi connectivity index (χ3v) is 4.50. The maximum absolute atomic E-state index is 14.2. The van der Waals surface area contributed by atoms with E-state index in [2.05, 4.69) is 15.4 Å². The summed E-state index contributed by atoms with van der Waals surface area (Å²) >= 11 is 0. The Morgan fingerprint density at radius 2 is 2.43 bits per heavy atom. The van der Waals surface area contributed by atoms with Gasteiger partial charge in [-0.1, -0.05) is 6.07 Å². The molecule has 2 aliphatic rings. The molecule has 4 rings (SSSR count). The summed E-state index contributed by atoms with van der Waals surface area (Å²) in [6.45, 7) is 1.43. The molecule has 110 valence electrons. The number of fused-ring (bicyclic) bond motifs is 2. The monoisotopic (exact) mass is 288 g/mol. The molecule has 2 fully saturated rings. The van der Waals surface area contributed by atoms with Gasteiger partial charge in [0.1, 0.15) is 24.2 Å². The Morgan fingerprint density at radius 1 is 1.48 bits per heavy atom. The standard InChI is InChI=1S/C15H17FN4O/c16-13-5-11(1-2-14(13)20-10-17-9-19-20)7-18-15-4-3-12(6-15)21-8-15/h1-2,5,9-10,12,18H,3-4,6-8H2. The number of aromatic nitrogens is 3. The molecule has 1 saturated carbocycles. The molecule has 2 heterocycles. The highest BCUT2D eigenvalue weighted by molar-refractivity contribution is 5.35. The van der Waals surface area contributed by atoms with Crippen LogP contribution in [0.4, 0.5) is 4.39 Å². The van der Waals surface area contributed by atoms with Gasteiger partial charge in [-0.3, -0.25) is 0 Å². The molecule has 0 spiro atoms. The Hall–Kier alpha value is -1.79. The molecule has 1 saturated heterocycles. The first-order valence-corrected chi connectivity index (χ1v) is 7.24. The summed E-state index contributed by atoms with van der Waals surface area (Å²) < 4.78 is 21.3. The topological polar surface area (TPSA) is 52.0 Å². The van der Waals surface area contributed by atoms with Crippen molar-refractivity contribution in [2.45, 2.75) is 37.5 Å². The van der Waals surface area contributed by atoms with Crippen LogP contribution in [-0.4, -0.2) is 33.0 Å². The lowest BCUT2D eigenvalue weighted by atomic mass is 9.99. The minimum atomic E-state index is -0.288. The third-order valence-electron chi connectivity index (χ3n) is 4.50. The molecule has 21 heavy (non-hydrogen) atoms. The molecule has 0 amide bonds. The summed E-state index contributed by atoms with van der Waals surface area (Å²) in [6, 6.07) is 5.22. The van der Waals surface area contributed by atoms with Crippen LogP contribution in [0.15, 0.2) is 30.9 Å². The Bertz CT molecular complexity index is 635. The van der Waals surface area contributed by atoms with E-state index in [1.54, 1.807) is 12.1 Å². The van der Waals surface area contributed by atoms with Crippen LogP contribution in [0.5, 0.6) is 0 Å². The summed E-state index contributed by atoms with van der Waals surface area (Å²) in [5.41, 5.74) is 1.45. The predicted molar refractivity (Wildman–Crippen MR) is 74.5 cm³/mol. The molecule has 1 N–H and O–H groups in total. The highest BCUT2D eigenvalue weighted by Crippen LogP contribution is 2.39. The van der Waals surface area contributed by atoms with Gasteiger partial charge in [0.15, 0.2) is 0 Å². The Balaban J connectivity index is 1.48. The number of hydrogen-bond acceptors (Lipinski definition) is 4. The number of halogens is 1. The van der Waals surface area contributed by atoms with Gasteiger partial charge in [-0.25, -0.2) is 14.1 Å². The number of benzene rings is 1. The summed E-state index contributed by atoms with van der Waals surface area (Å²) in [5.74, 6) is -0.288. The number of ether oxygens (including phenoxy) is 1. The van der Waals surface area contributed by atoms with Gasteiger partial charge < -0.3 is 10.1 Å². The number of nitrogens with one attached hydrogen (secondary N) is 1. The van der Waals surface area contributed by atoms with Gasteiger partial charge >= 0.3 is 0 Å². The average Bonchev–Trinajstić information content (AvgIpc) is 3.22. The Kier molecular flexibility index (Phi) is 3.01. The minimum Gasteiger partial charge on any atom is -0.376 e. The van der Waals surface area contributed by atoms with E-state index in [0.29, 0.717) is 18.3 Å². The molecular weight excluding hydrogens is 271 g/mol. The first-order valence-electron chi connectivity index (χ1n) is 7.24. The van der Waals surface area contributed by atoms with Gasteiger partial charge in [-0.05, 0) is 37.0 Å². The van der Waals surface area contributed by atoms with Gasteiger partial charge in [0, 0.05) is 12.1 Å². The normalized spacial score (nSPS) is 27.4. The van der Waals surface area contributed by atoms with E-state index in [4.69, 9.17) is 4.74 Å². The van der Waals surface area contributed by atoms with Crippen LogP contribution in [0.25, 0.3) is 5.69 Å². The molecule has 0 radical (unpaired) electrons. The largest absolute Gasteiger partial charge is 0.376 e. The maximum atomic E-state index is 14.2. The molecule has 6 heteroatoms. The van der Waals surface area contributed by atoms with Crippen molar-refractivity contribution in [1.29, 1.82) is 0 Å². The molecule has 1 aromatic heterocycles. The number of hydrogen-bond donors (Lipinski definition) is 1. The van der Waals surface area contributed by atoms with E-state index < -0.39 is 0 Å². The molecule has 1 aliphatic carbocycles. The lowest BCUT2D eigenvalue weighted by molar-refractivity contribution is 0.0631. The molecular formula is C15H17FN4O. The molecule has 5 nitrogen and oxygen atoms in total. The zero-order valence-electron chi connectivity index (χ0n) is 11.6. The lowest BCUT2D eigenvalue weighted by Crippen LogP contribution is -2.44. The second-order valence-electron chi connectivity index (χ2n) is 5.94. The van der Waals surface area contributed by atoms with Crippen molar-refractivity contribution in [3.8, 4) is 5.69 Å². The van der Waals surface area contributed by atoms with Crippen molar-refractivity contribution in [2.24, 2.45) is 0 Å². The molecule has 1 aromatic carbocycles. The minimum absolute atomic E-state index is 0.103. The highest BCUT2D eigenvalue weighted by Gasteiger charge is 2.45. The summed E-state index contributed by atoms with van der Waals surface area (Å²) in [5, 5.41) is 7.51. The fraction of sp³-hybridized carbons (Fsp3) is 0.467. The molecule has 2 aromatic rings. The fourth-order valence-electron chi connectivity index (χ4n) is 3.31. The van der Waals surface area contributed by atoms with E-state index >= 15 is 0 Å². The predicted octanol–water partition coefficient (Wildman–Crippen LogP) is 1.82. The van der Waals surface area contributed by atoms with Crippen LogP contribution in [0.1, 0.15) is 24.8 Å². The summed E-state index contributed by atoms with van der Waals surface area (Å²) in [7, 11) is 0. The quantitative estimate of drug-likeness (QED) is 0.932. The first kappa shape index (κ1) is 12.9. The van der Waals surface area contributed by atoms with Crippen LogP contribution >= 0.6 is 0 Å². The SMILES string of the molecule is Fc1cc(CNC23CCC(C2)OC3)ccc1-n1cncn1. The van der Waals surface area contributed by atoms with Crippen molar-refractivity contribution in [3.63, 3.8) is 0 Å². The molecule has 2 atom stereocenters. The van der Waals surface area contributed by atoms with E-state index in [0.717, 1.165) is 31.4 Å². The zero-order valence-corrected chi connectivity index (χ0v) is 11.6. The second-order valence-corrected chi connectivity index (χ2v) is 5.94. The Labute approximate surface area is 122 Å². The number of rotatable bonds is 4. The number of nitrogens with zero attached hydrogens (tertiary/aromatic N) is 3. The zero-order chi connectivity index (χ0) is 14.3. The molecule has 2 bridgehead atoms. The van der Waals surface area contributed by atoms with Gasteiger partial charge in [0.2, 0.25) is 0 Å². The van der Waals surface area contributed by atoms with Crippen molar-refractivity contribution < 1.29 is 9.13 Å². The fourth-order valence-corrected chi connectivity index (χ4v) is 3.31. The van der Waals surface area contributed by atoms with Crippen LogP contribution < -0.4 is 5.32 Å². The van der Waals surface area contributed by atoms with Crippen LogP contribution in [0, 0.1) is 5.82 Å². The van der Waals surface area contributed by atoms with Gasteiger partial charge in [-0.2, -0.15) is 5.10 Å². The van der Waals surface area contributed by atoms with Gasteiger partial charge in [0.25, 0.3) is 0 Å². The van der Waals surface area contributed by atoms with E-state index in [9.17, 15) is 4.39 Å². The second kappa shape index (κ2) is 4.89. The van der Waals surface area contributed by atoms with Crippen LogP contribution in [0.2, 0.25) is 0 Å². The highest BCUT2D eigenvalue weighted by atomic mass is 19.1. The maximum Gasteiger partial charge on any atom is 0.149 e. The summed E-state index contributed by atoms with van der Waals surface area (Å²) in [6.07, 6.45) is 6.66. The van der Waals surface area contributed by atoms with E-state index in [1.807, 2.05) is 6.07 Å². The summed E-state index contributed by atoms with van der Waals surface area (Å²) in [4.78, 5) is 3.83. The molecule has 1 aliphatic heterocycles. The van der Waals surface area contributed by atoms with Crippen molar-refractivity contribution in [3.05, 3.63) is 42.2 Å². The molecule has 2 unspecified atom stereocenters. The van der Waals surface area contributed by atoms with Crippen molar-refractivity contribution in [1.82, 2.24) is 20.1 Å². The Morgan fingerprint density at radius 3 is 3.05 bits per heavy atom.